The molecule has 5 nitrogen and oxygen atoms in total. The number of carbonyl (C=O) groups is 2. The zero-order chi connectivity index (χ0) is 15.2. The predicted octanol–water partition coefficient (Wildman–Crippen LogP) is 3.25. The van der Waals surface area contributed by atoms with Crippen molar-refractivity contribution in [3.8, 4) is 5.75 Å². The maximum atomic E-state index is 11.7. The second-order valence-corrected chi connectivity index (χ2v) is 5.08. The lowest BCUT2D eigenvalue weighted by molar-refractivity contribution is -0.104. The Balaban J connectivity index is 2.87. The standard InChI is InChI=1S/C15H19NO4/c1-15(2,3)20-14(18)16-12-8-7-11(6-5-9-17)10-13(12)19-4/h5-10H,1-4H3,(H,16,18)/b6-5+. The van der Waals surface area contributed by atoms with Crippen LogP contribution in [0.15, 0.2) is 24.3 Å². The third-order valence-electron chi connectivity index (χ3n) is 2.23. The number of nitrogens with one attached hydrogen (secondary N) is 1. The van der Waals surface area contributed by atoms with Gasteiger partial charge in [-0.1, -0.05) is 12.1 Å². The van der Waals surface area contributed by atoms with Crippen LogP contribution in [0.5, 0.6) is 5.75 Å². The van der Waals surface area contributed by atoms with Crippen LogP contribution in [-0.2, 0) is 9.53 Å². The van der Waals surface area contributed by atoms with Crippen LogP contribution < -0.4 is 10.1 Å². The molecule has 1 N–H and O–H groups in total. The van der Waals surface area contributed by atoms with E-state index >= 15 is 0 Å². The molecule has 5 heteroatoms. The van der Waals surface area contributed by atoms with E-state index < -0.39 is 11.7 Å². The molecule has 20 heavy (non-hydrogen) atoms. The molecule has 108 valence electrons. The topological polar surface area (TPSA) is 64.6 Å². The molecule has 1 amide bonds. The summed E-state index contributed by atoms with van der Waals surface area (Å²) in [6, 6.07) is 5.16. The molecular weight excluding hydrogens is 258 g/mol. The first-order chi connectivity index (χ1) is 9.35. The zero-order valence-corrected chi connectivity index (χ0v) is 12.1. The van der Waals surface area contributed by atoms with E-state index in [-0.39, 0.29) is 0 Å². The number of methoxy groups -OCH3 is 1. The molecule has 0 saturated carbocycles. The lowest BCUT2D eigenvalue weighted by Gasteiger charge is -2.20. The number of hydrogen-bond donors (Lipinski definition) is 1. The van der Waals surface area contributed by atoms with E-state index in [0.717, 1.165) is 5.56 Å². The van der Waals surface area contributed by atoms with Crippen LogP contribution in [0.3, 0.4) is 0 Å². The molecule has 0 unspecified atom stereocenters. The Labute approximate surface area is 118 Å². The molecule has 0 aromatic heterocycles. The Bertz CT molecular complexity index is 515. The third-order valence-corrected chi connectivity index (χ3v) is 2.23. The number of aldehydes is 1. The summed E-state index contributed by atoms with van der Waals surface area (Å²) in [4.78, 5) is 22.0. The molecule has 0 aliphatic heterocycles. The lowest BCUT2D eigenvalue weighted by Crippen LogP contribution is -2.27. The number of anilines is 1. The van der Waals surface area contributed by atoms with Crippen molar-refractivity contribution >= 4 is 24.1 Å². The summed E-state index contributed by atoms with van der Waals surface area (Å²) in [5.41, 5.74) is 0.734. The van der Waals surface area contributed by atoms with Gasteiger partial charge in [0, 0.05) is 0 Å². The first-order valence-electron chi connectivity index (χ1n) is 6.15. The minimum Gasteiger partial charge on any atom is -0.495 e. The highest BCUT2D eigenvalue weighted by molar-refractivity contribution is 5.87. The van der Waals surface area contributed by atoms with Crippen LogP contribution in [0.1, 0.15) is 26.3 Å². The van der Waals surface area contributed by atoms with Crippen molar-refractivity contribution in [3.05, 3.63) is 29.8 Å². The van der Waals surface area contributed by atoms with Gasteiger partial charge in [0.05, 0.1) is 12.8 Å². The molecule has 0 aliphatic carbocycles. The number of rotatable bonds is 4. The monoisotopic (exact) mass is 277 g/mol. The van der Waals surface area contributed by atoms with Gasteiger partial charge in [0.15, 0.2) is 0 Å². The van der Waals surface area contributed by atoms with Gasteiger partial charge in [-0.3, -0.25) is 10.1 Å². The molecule has 0 atom stereocenters. The first kappa shape index (κ1) is 15.8. The molecule has 0 radical (unpaired) electrons. The van der Waals surface area contributed by atoms with Crippen molar-refractivity contribution in [2.24, 2.45) is 0 Å². The van der Waals surface area contributed by atoms with Crippen LogP contribution in [0.2, 0.25) is 0 Å². The number of amides is 1. The van der Waals surface area contributed by atoms with Crippen molar-refractivity contribution in [1.29, 1.82) is 0 Å². The van der Waals surface area contributed by atoms with E-state index in [0.29, 0.717) is 17.7 Å². The van der Waals surface area contributed by atoms with Crippen molar-refractivity contribution in [2.75, 3.05) is 12.4 Å². The van der Waals surface area contributed by atoms with Gasteiger partial charge in [-0.2, -0.15) is 0 Å². The smallest absolute Gasteiger partial charge is 0.412 e. The zero-order valence-electron chi connectivity index (χ0n) is 12.1. The summed E-state index contributed by atoms with van der Waals surface area (Å²) in [6.45, 7) is 5.37. The molecular formula is C15H19NO4. The van der Waals surface area contributed by atoms with E-state index in [4.69, 9.17) is 9.47 Å². The van der Waals surface area contributed by atoms with Gasteiger partial charge in [-0.25, -0.2) is 4.79 Å². The number of allylic oxidation sites excluding steroid dienone is 1. The Hall–Kier alpha value is -2.30. The largest absolute Gasteiger partial charge is 0.495 e. The molecule has 1 aromatic carbocycles. The number of benzene rings is 1. The summed E-state index contributed by atoms with van der Waals surface area (Å²) in [5, 5.41) is 2.62. The summed E-state index contributed by atoms with van der Waals surface area (Å²) >= 11 is 0. The molecule has 1 rings (SSSR count). The Morgan fingerprint density at radius 1 is 1.30 bits per heavy atom. The van der Waals surface area contributed by atoms with Gasteiger partial charge in [0.25, 0.3) is 0 Å². The molecule has 1 aromatic rings. The maximum absolute atomic E-state index is 11.7. The van der Waals surface area contributed by atoms with Crippen LogP contribution in [0, 0.1) is 0 Å². The second-order valence-electron chi connectivity index (χ2n) is 5.08. The lowest BCUT2D eigenvalue weighted by atomic mass is 10.1. The van der Waals surface area contributed by atoms with Crippen LogP contribution in [0.25, 0.3) is 6.08 Å². The fraction of sp³-hybridized carbons (Fsp3) is 0.333. The highest BCUT2D eigenvalue weighted by Gasteiger charge is 2.17. The Kier molecular flexibility index (Phi) is 5.32. The maximum Gasteiger partial charge on any atom is 0.412 e. The fourth-order valence-corrected chi connectivity index (χ4v) is 1.48. The third kappa shape index (κ3) is 5.14. The average molecular weight is 277 g/mol. The van der Waals surface area contributed by atoms with E-state index in [1.807, 2.05) is 0 Å². The van der Waals surface area contributed by atoms with Gasteiger partial charge in [-0.05, 0) is 44.5 Å². The van der Waals surface area contributed by atoms with E-state index in [2.05, 4.69) is 5.32 Å². The SMILES string of the molecule is COc1cc(/C=C/C=O)ccc1NC(=O)OC(C)(C)C. The molecule has 0 aliphatic rings. The highest BCUT2D eigenvalue weighted by atomic mass is 16.6. The number of ether oxygens (including phenoxy) is 2. The molecule has 0 fully saturated rings. The van der Waals surface area contributed by atoms with Crippen molar-refractivity contribution in [1.82, 2.24) is 0 Å². The van der Waals surface area contributed by atoms with Crippen LogP contribution in [-0.4, -0.2) is 25.1 Å². The van der Waals surface area contributed by atoms with Crippen molar-refractivity contribution < 1.29 is 19.1 Å². The minimum absolute atomic E-state index is 0.490. The average Bonchev–Trinajstić information content (AvgIpc) is 2.35. The molecule has 0 spiro atoms. The van der Waals surface area contributed by atoms with Crippen LogP contribution >= 0.6 is 0 Å². The quantitative estimate of drug-likeness (QED) is 0.677. The molecule has 0 bridgehead atoms. The van der Waals surface area contributed by atoms with Crippen molar-refractivity contribution in [3.63, 3.8) is 0 Å². The number of hydrogen-bond acceptors (Lipinski definition) is 4. The second kappa shape index (κ2) is 6.75. The first-order valence-corrected chi connectivity index (χ1v) is 6.15. The van der Waals surface area contributed by atoms with Crippen LogP contribution in [0.4, 0.5) is 10.5 Å². The Morgan fingerprint density at radius 3 is 2.55 bits per heavy atom. The van der Waals surface area contributed by atoms with Gasteiger partial charge >= 0.3 is 6.09 Å². The van der Waals surface area contributed by atoms with Gasteiger partial charge in [0.1, 0.15) is 17.6 Å². The van der Waals surface area contributed by atoms with Crippen molar-refractivity contribution in [2.45, 2.75) is 26.4 Å². The van der Waals surface area contributed by atoms with Gasteiger partial charge in [-0.15, -0.1) is 0 Å². The predicted molar refractivity (Wildman–Crippen MR) is 77.9 cm³/mol. The molecule has 0 saturated heterocycles. The minimum atomic E-state index is -0.566. The fourth-order valence-electron chi connectivity index (χ4n) is 1.48. The molecule has 0 heterocycles. The van der Waals surface area contributed by atoms with Gasteiger partial charge in [0.2, 0.25) is 0 Å². The van der Waals surface area contributed by atoms with E-state index in [1.54, 1.807) is 45.0 Å². The normalized spacial score (nSPS) is 11.2. The number of carbonyl (C=O) groups excluding carboxylic acids is 2. The summed E-state index contributed by atoms with van der Waals surface area (Å²) in [5.74, 6) is 0.490. The van der Waals surface area contributed by atoms with E-state index in [1.165, 1.54) is 13.2 Å². The summed E-state index contributed by atoms with van der Waals surface area (Å²) < 4.78 is 10.4. The van der Waals surface area contributed by atoms with Gasteiger partial charge < -0.3 is 9.47 Å². The summed E-state index contributed by atoms with van der Waals surface area (Å²) in [6.07, 6.45) is 3.17. The van der Waals surface area contributed by atoms with E-state index in [9.17, 15) is 9.59 Å². The highest BCUT2D eigenvalue weighted by Crippen LogP contribution is 2.26. The Morgan fingerprint density at radius 2 is 2.00 bits per heavy atom. The summed E-state index contributed by atoms with van der Waals surface area (Å²) in [7, 11) is 1.50.